The van der Waals surface area contributed by atoms with E-state index in [1.165, 1.54) is 75.3 Å². The van der Waals surface area contributed by atoms with Gasteiger partial charge in [-0.15, -0.1) is 0 Å². The van der Waals surface area contributed by atoms with Crippen LogP contribution in [0.15, 0.2) is 49.1 Å². The lowest BCUT2D eigenvalue weighted by atomic mass is 10.1. The third-order valence-electron chi connectivity index (χ3n) is 4.97. The minimum atomic E-state index is 0. The van der Waals surface area contributed by atoms with Crippen molar-refractivity contribution in [2.45, 2.75) is 77.7 Å². The zero-order valence-electron chi connectivity index (χ0n) is 17.0. The van der Waals surface area contributed by atoms with Crippen LogP contribution >= 0.6 is 0 Å². The summed E-state index contributed by atoms with van der Waals surface area (Å²) >= 11 is 0. The molecule has 0 aromatic carbocycles. The fraction of sp³-hybridized carbons (Fsp3) is 0.565. The van der Waals surface area contributed by atoms with Crippen molar-refractivity contribution in [2.75, 3.05) is 0 Å². The van der Waals surface area contributed by atoms with Crippen LogP contribution in [-0.2, 0) is 13.6 Å². The third kappa shape index (κ3) is 11.0. The van der Waals surface area contributed by atoms with Crippen LogP contribution in [0.2, 0.25) is 0 Å². The van der Waals surface area contributed by atoms with Crippen LogP contribution in [0, 0.1) is 0 Å². The van der Waals surface area contributed by atoms with Crippen molar-refractivity contribution < 1.29 is 43.1 Å². The molecular weight excluding hydrogens is 464 g/mol. The third-order valence-corrected chi connectivity index (χ3v) is 4.97. The Morgan fingerprint density at radius 2 is 1.00 bits per heavy atom. The van der Waals surface area contributed by atoms with Gasteiger partial charge in [-0.1, -0.05) is 58.3 Å². The molecule has 4 heteroatoms. The highest BCUT2D eigenvalue weighted by molar-refractivity contribution is 5.60. The van der Waals surface area contributed by atoms with E-state index in [1.54, 1.807) is 0 Å². The molecule has 2 aromatic heterocycles. The Kier molecular flexibility index (Phi) is 15.8. The second kappa shape index (κ2) is 16.2. The largest absolute Gasteiger partial charge is 1.00 e. The maximum atomic E-state index is 2.32. The average molecular weight is 500 g/mol. The van der Waals surface area contributed by atoms with Crippen LogP contribution in [0.5, 0.6) is 0 Å². The highest BCUT2D eigenvalue weighted by Gasteiger charge is 2.04. The Morgan fingerprint density at radius 1 is 0.593 bits per heavy atom. The summed E-state index contributed by atoms with van der Waals surface area (Å²) in [5, 5.41) is 0. The van der Waals surface area contributed by atoms with Crippen molar-refractivity contribution in [1.82, 2.24) is 0 Å². The van der Waals surface area contributed by atoms with Gasteiger partial charge in [0.25, 0.3) is 0 Å². The lowest BCUT2D eigenvalue weighted by Crippen LogP contribution is -3.00. The summed E-state index contributed by atoms with van der Waals surface area (Å²) < 4.78 is 4.38. The predicted molar refractivity (Wildman–Crippen MR) is 105 cm³/mol. The Labute approximate surface area is 187 Å². The summed E-state index contributed by atoms with van der Waals surface area (Å²) in [7, 11) is 2.05. The van der Waals surface area contributed by atoms with E-state index in [0.717, 1.165) is 6.54 Å². The molecule has 0 atom stereocenters. The zero-order chi connectivity index (χ0) is 17.7. The molecule has 2 rings (SSSR count). The summed E-state index contributed by atoms with van der Waals surface area (Å²) in [6.07, 6.45) is 22.6. The van der Waals surface area contributed by atoms with Crippen molar-refractivity contribution in [3.8, 4) is 11.1 Å². The maximum absolute atomic E-state index is 2.32. The van der Waals surface area contributed by atoms with Gasteiger partial charge in [0.2, 0.25) is 0 Å². The molecule has 0 N–H and O–H groups in total. The number of rotatable bonds is 12. The molecule has 0 aliphatic rings. The standard InChI is InChI=1S/C23H36N2.2BrH/c1-3-4-5-6-7-8-9-10-11-12-17-25-20-15-23(16-21-25)22-13-18-24(2)19-14-22;;/h13-16,18-21H,3-12,17H2,1-2H3;2*1H/q+2;;/p-2. The number of pyridine rings is 2. The highest BCUT2D eigenvalue weighted by atomic mass is 79.9. The number of halogens is 2. The van der Waals surface area contributed by atoms with Gasteiger partial charge in [-0.2, -0.15) is 0 Å². The van der Waals surface area contributed by atoms with Gasteiger partial charge < -0.3 is 34.0 Å². The van der Waals surface area contributed by atoms with E-state index in [4.69, 9.17) is 0 Å². The van der Waals surface area contributed by atoms with Gasteiger partial charge in [-0.25, -0.2) is 9.13 Å². The second-order valence-electron chi connectivity index (χ2n) is 7.26. The first-order valence-electron chi connectivity index (χ1n) is 10.2. The molecule has 0 bridgehead atoms. The molecule has 0 radical (unpaired) electrons. The smallest absolute Gasteiger partial charge is 0.169 e. The minimum Gasteiger partial charge on any atom is -1.00 e. The predicted octanol–water partition coefficient (Wildman–Crippen LogP) is -0.605. The Morgan fingerprint density at radius 3 is 1.48 bits per heavy atom. The fourth-order valence-electron chi connectivity index (χ4n) is 3.27. The van der Waals surface area contributed by atoms with Crippen LogP contribution in [-0.4, -0.2) is 0 Å². The van der Waals surface area contributed by atoms with Gasteiger partial charge in [0, 0.05) is 30.7 Å². The number of aromatic nitrogens is 2. The van der Waals surface area contributed by atoms with E-state index >= 15 is 0 Å². The first-order valence-corrected chi connectivity index (χ1v) is 10.2. The number of hydrogen-bond acceptors (Lipinski definition) is 0. The molecule has 2 heterocycles. The first kappa shape index (κ1) is 26.3. The summed E-state index contributed by atoms with van der Waals surface area (Å²) in [5.74, 6) is 0. The lowest BCUT2D eigenvalue weighted by molar-refractivity contribution is -0.697. The van der Waals surface area contributed by atoms with E-state index < -0.39 is 0 Å². The van der Waals surface area contributed by atoms with Crippen LogP contribution < -0.4 is 43.1 Å². The van der Waals surface area contributed by atoms with Gasteiger partial charge in [0.05, 0.1) is 0 Å². The molecule has 27 heavy (non-hydrogen) atoms. The van der Waals surface area contributed by atoms with Crippen molar-refractivity contribution in [1.29, 1.82) is 0 Å². The molecule has 0 aliphatic heterocycles. The minimum absolute atomic E-state index is 0. The molecule has 0 aliphatic carbocycles. The first-order chi connectivity index (χ1) is 12.3. The molecule has 0 saturated carbocycles. The highest BCUT2D eigenvalue weighted by Crippen LogP contribution is 2.15. The number of hydrogen-bond donors (Lipinski definition) is 0. The molecule has 0 amide bonds. The summed E-state index contributed by atoms with van der Waals surface area (Å²) in [5.41, 5.74) is 2.57. The average Bonchev–Trinajstić information content (AvgIpc) is 2.64. The monoisotopic (exact) mass is 498 g/mol. The maximum Gasteiger partial charge on any atom is 0.169 e. The normalized spacial score (nSPS) is 10.1. The van der Waals surface area contributed by atoms with Crippen molar-refractivity contribution >= 4 is 0 Å². The molecule has 0 fully saturated rings. The topological polar surface area (TPSA) is 7.76 Å². The van der Waals surface area contributed by atoms with Gasteiger partial charge >= 0.3 is 0 Å². The lowest BCUT2D eigenvalue weighted by Gasteiger charge is -2.02. The number of unbranched alkanes of at least 4 members (excludes halogenated alkanes) is 9. The Hall–Kier alpha value is -0.740. The van der Waals surface area contributed by atoms with E-state index in [2.05, 4.69) is 72.2 Å². The van der Waals surface area contributed by atoms with Gasteiger partial charge in [0.15, 0.2) is 24.8 Å². The Bertz CT molecular complexity index is 582. The van der Waals surface area contributed by atoms with Crippen molar-refractivity contribution in [3.63, 3.8) is 0 Å². The van der Waals surface area contributed by atoms with Gasteiger partial charge in [-0.05, 0) is 17.5 Å². The van der Waals surface area contributed by atoms with E-state index in [-0.39, 0.29) is 34.0 Å². The Balaban J connectivity index is 0.00000338. The van der Waals surface area contributed by atoms with E-state index in [9.17, 15) is 0 Å². The second-order valence-corrected chi connectivity index (χ2v) is 7.26. The molecule has 152 valence electrons. The molecule has 0 spiro atoms. The van der Waals surface area contributed by atoms with Crippen molar-refractivity contribution in [3.05, 3.63) is 49.1 Å². The van der Waals surface area contributed by atoms with Crippen LogP contribution in [0.3, 0.4) is 0 Å². The van der Waals surface area contributed by atoms with Crippen LogP contribution in [0.25, 0.3) is 11.1 Å². The summed E-state index contributed by atoms with van der Waals surface area (Å²) in [4.78, 5) is 0. The van der Waals surface area contributed by atoms with Crippen LogP contribution in [0.1, 0.15) is 71.1 Å². The van der Waals surface area contributed by atoms with Crippen LogP contribution in [0.4, 0.5) is 0 Å². The summed E-state index contributed by atoms with van der Waals surface area (Å²) in [6, 6.07) is 8.79. The zero-order valence-corrected chi connectivity index (χ0v) is 20.2. The van der Waals surface area contributed by atoms with E-state index in [0.29, 0.717) is 0 Å². The number of nitrogens with zero attached hydrogens (tertiary/aromatic N) is 2. The molecular formula is C23H36Br2N2. The molecule has 0 saturated heterocycles. The quantitative estimate of drug-likeness (QED) is 0.272. The molecule has 2 nitrogen and oxygen atoms in total. The van der Waals surface area contributed by atoms with Gasteiger partial charge in [0.1, 0.15) is 13.6 Å². The molecule has 0 unspecified atom stereocenters. The fourth-order valence-corrected chi connectivity index (χ4v) is 3.27. The van der Waals surface area contributed by atoms with Crippen molar-refractivity contribution in [2.24, 2.45) is 7.05 Å². The molecule has 2 aromatic rings. The van der Waals surface area contributed by atoms with E-state index in [1.807, 2.05) is 0 Å². The SMILES string of the molecule is CCCCCCCCCCCC[n+]1ccc(-c2cc[n+](C)cc2)cc1.[Br-].[Br-]. The number of aryl methyl sites for hydroxylation is 2. The summed E-state index contributed by atoms with van der Waals surface area (Å²) in [6.45, 7) is 3.42. The van der Waals surface area contributed by atoms with Gasteiger partial charge in [-0.3, -0.25) is 0 Å².